The van der Waals surface area contributed by atoms with Crippen LogP contribution < -0.4 is 0 Å². The summed E-state index contributed by atoms with van der Waals surface area (Å²) < 4.78 is 27.9. The lowest BCUT2D eigenvalue weighted by molar-refractivity contribution is -0.151. The van der Waals surface area contributed by atoms with Crippen LogP contribution in [0.1, 0.15) is 44.9 Å². The molecule has 0 spiro atoms. The first-order valence-corrected chi connectivity index (χ1v) is 8.27. The van der Waals surface area contributed by atoms with Crippen LogP contribution in [-0.2, 0) is 19.4 Å². The van der Waals surface area contributed by atoms with E-state index in [1.165, 1.54) is 6.42 Å². The minimum atomic E-state index is -2.88. The Labute approximate surface area is 103 Å². The number of hydrogen-bond acceptors (Lipinski definition) is 4. The van der Waals surface area contributed by atoms with E-state index in [1.807, 2.05) is 0 Å². The zero-order chi connectivity index (χ0) is 12.3. The zero-order valence-corrected chi connectivity index (χ0v) is 10.9. The van der Waals surface area contributed by atoms with Gasteiger partial charge in [-0.25, -0.2) is 8.42 Å². The fourth-order valence-electron chi connectivity index (χ4n) is 2.69. The van der Waals surface area contributed by atoms with E-state index in [1.54, 1.807) is 0 Å². The van der Waals surface area contributed by atoms with Crippen LogP contribution >= 0.6 is 0 Å². The van der Waals surface area contributed by atoms with Gasteiger partial charge in [0, 0.05) is 6.42 Å². The van der Waals surface area contributed by atoms with Gasteiger partial charge in [0.1, 0.15) is 6.10 Å². The van der Waals surface area contributed by atoms with Gasteiger partial charge < -0.3 is 4.74 Å². The second-order valence-electron chi connectivity index (χ2n) is 5.22. The number of hydrogen-bond donors (Lipinski definition) is 0. The quantitative estimate of drug-likeness (QED) is 0.724. The number of ether oxygens (including phenoxy) is 1. The summed E-state index contributed by atoms with van der Waals surface area (Å²) >= 11 is 0. The Hall–Kier alpha value is -0.580. The maximum atomic E-state index is 11.7. The monoisotopic (exact) mass is 260 g/mol. The smallest absolute Gasteiger partial charge is 0.306 e. The molecule has 0 aromatic carbocycles. The summed E-state index contributed by atoms with van der Waals surface area (Å²) in [5.74, 6) is 0.163. The maximum Gasteiger partial charge on any atom is 0.306 e. The minimum absolute atomic E-state index is 0.0175. The molecule has 0 radical (unpaired) electrons. The molecule has 0 bridgehead atoms. The molecule has 1 atom stereocenters. The molecule has 2 fully saturated rings. The van der Waals surface area contributed by atoms with Crippen molar-refractivity contribution in [1.82, 2.24) is 0 Å². The molecule has 0 unspecified atom stereocenters. The number of carbonyl (C=O) groups is 1. The van der Waals surface area contributed by atoms with E-state index >= 15 is 0 Å². The van der Waals surface area contributed by atoms with Crippen LogP contribution in [0.15, 0.2) is 0 Å². The van der Waals surface area contributed by atoms with Crippen LogP contribution in [0.3, 0.4) is 0 Å². The first-order valence-electron chi connectivity index (χ1n) is 6.45. The molecule has 0 amide bonds. The van der Waals surface area contributed by atoms with Gasteiger partial charge in [0.05, 0.1) is 11.5 Å². The normalized spacial score (nSPS) is 29.1. The lowest BCUT2D eigenvalue weighted by Crippen LogP contribution is -2.22. The van der Waals surface area contributed by atoms with Crippen LogP contribution in [0, 0.1) is 5.92 Å². The highest BCUT2D eigenvalue weighted by molar-refractivity contribution is 7.91. The van der Waals surface area contributed by atoms with Crippen molar-refractivity contribution in [2.45, 2.75) is 51.0 Å². The lowest BCUT2D eigenvalue weighted by Gasteiger charge is -2.22. The van der Waals surface area contributed by atoms with E-state index in [-0.39, 0.29) is 35.9 Å². The fraction of sp³-hybridized carbons (Fsp3) is 0.917. The van der Waals surface area contributed by atoms with Crippen LogP contribution in [0.5, 0.6) is 0 Å². The first-order chi connectivity index (χ1) is 8.05. The average molecular weight is 260 g/mol. The molecular formula is C12H20O4S. The number of sulfone groups is 1. The second-order valence-corrected chi connectivity index (χ2v) is 7.45. The Morgan fingerprint density at radius 3 is 2.41 bits per heavy atom. The van der Waals surface area contributed by atoms with Crippen molar-refractivity contribution < 1.29 is 17.9 Å². The molecule has 0 aromatic heterocycles. The predicted molar refractivity (Wildman–Crippen MR) is 64.3 cm³/mol. The highest BCUT2D eigenvalue weighted by atomic mass is 32.2. The largest absolute Gasteiger partial charge is 0.462 e. The predicted octanol–water partition coefficient (Wildman–Crippen LogP) is 1.69. The minimum Gasteiger partial charge on any atom is -0.462 e. The van der Waals surface area contributed by atoms with Gasteiger partial charge in [0.2, 0.25) is 0 Å². The van der Waals surface area contributed by atoms with Gasteiger partial charge in [-0.1, -0.05) is 6.42 Å². The fourth-order valence-corrected chi connectivity index (χ4v) is 4.55. The van der Waals surface area contributed by atoms with E-state index in [4.69, 9.17) is 4.74 Å². The van der Waals surface area contributed by atoms with Crippen molar-refractivity contribution in [2.75, 3.05) is 11.5 Å². The van der Waals surface area contributed by atoms with Crippen molar-refractivity contribution in [3.8, 4) is 0 Å². The van der Waals surface area contributed by atoms with Gasteiger partial charge in [-0.15, -0.1) is 0 Å². The van der Waals surface area contributed by atoms with Crippen LogP contribution in [0.2, 0.25) is 0 Å². The molecule has 98 valence electrons. The summed E-state index contributed by atoms with van der Waals surface area (Å²) in [6, 6.07) is 0. The van der Waals surface area contributed by atoms with Crippen molar-refractivity contribution in [3.63, 3.8) is 0 Å². The number of rotatable bonds is 3. The average Bonchev–Trinajstić information content (AvgIpc) is 2.59. The summed E-state index contributed by atoms with van der Waals surface area (Å²) in [6.45, 7) is 0. The van der Waals surface area contributed by atoms with Crippen molar-refractivity contribution in [1.29, 1.82) is 0 Å². The van der Waals surface area contributed by atoms with E-state index in [9.17, 15) is 13.2 Å². The molecule has 4 nitrogen and oxygen atoms in total. The summed E-state index contributed by atoms with van der Waals surface area (Å²) in [7, 11) is -2.88. The molecule has 2 aliphatic rings. The Morgan fingerprint density at radius 2 is 1.82 bits per heavy atom. The molecule has 5 heteroatoms. The number of esters is 1. The third kappa shape index (κ3) is 3.98. The Bertz CT molecular complexity index is 368. The van der Waals surface area contributed by atoms with Gasteiger partial charge >= 0.3 is 5.97 Å². The maximum absolute atomic E-state index is 11.7. The third-order valence-corrected chi connectivity index (χ3v) is 5.47. The van der Waals surface area contributed by atoms with Crippen molar-refractivity contribution in [3.05, 3.63) is 0 Å². The Balaban J connectivity index is 1.74. The number of carbonyl (C=O) groups excluding carboxylic acids is 1. The molecule has 0 N–H and O–H groups in total. The SMILES string of the molecule is O=C(C[C@@H]1CCS(=O)(=O)C1)OC1CCCCC1. The molecule has 1 saturated heterocycles. The van der Waals surface area contributed by atoms with Crippen LogP contribution in [0.4, 0.5) is 0 Å². The zero-order valence-electron chi connectivity index (χ0n) is 10.1. The Kier molecular flexibility index (Phi) is 4.07. The molecule has 17 heavy (non-hydrogen) atoms. The molecule has 0 aromatic rings. The molecule has 1 aliphatic heterocycles. The van der Waals surface area contributed by atoms with E-state index < -0.39 is 9.84 Å². The molecule has 1 saturated carbocycles. The highest BCUT2D eigenvalue weighted by Gasteiger charge is 2.30. The highest BCUT2D eigenvalue weighted by Crippen LogP contribution is 2.24. The molecular weight excluding hydrogens is 240 g/mol. The standard InChI is InChI=1S/C12H20O4S/c13-12(16-11-4-2-1-3-5-11)8-10-6-7-17(14,15)9-10/h10-11H,1-9H2/t10-/m0/s1. The third-order valence-electron chi connectivity index (χ3n) is 3.63. The lowest BCUT2D eigenvalue weighted by atomic mass is 9.97. The molecule has 2 rings (SSSR count). The van der Waals surface area contributed by atoms with E-state index in [0.29, 0.717) is 6.42 Å². The first kappa shape index (κ1) is 12.9. The summed E-state index contributed by atoms with van der Waals surface area (Å²) in [4.78, 5) is 11.7. The topological polar surface area (TPSA) is 60.4 Å². The summed E-state index contributed by atoms with van der Waals surface area (Å²) in [5, 5.41) is 0. The summed E-state index contributed by atoms with van der Waals surface area (Å²) in [6.07, 6.45) is 6.40. The van der Waals surface area contributed by atoms with E-state index in [2.05, 4.69) is 0 Å². The Morgan fingerprint density at radius 1 is 1.12 bits per heavy atom. The van der Waals surface area contributed by atoms with Gasteiger partial charge in [-0.2, -0.15) is 0 Å². The van der Waals surface area contributed by atoms with E-state index in [0.717, 1.165) is 25.7 Å². The summed E-state index contributed by atoms with van der Waals surface area (Å²) in [5.41, 5.74) is 0. The van der Waals surface area contributed by atoms with Crippen LogP contribution in [-0.4, -0.2) is 32.0 Å². The van der Waals surface area contributed by atoms with Gasteiger partial charge in [0.15, 0.2) is 9.84 Å². The van der Waals surface area contributed by atoms with Crippen molar-refractivity contribution in [2.24, 2.45) is 5.92 Å². The van der Waals surface area contributed by atoms with Gasteiger partial charge in [-0.05, 0) is 38.0 Å². The van der Waals surface area contributed by atoms with Crippen LogP contribution in [0.25, 0.3) is 0 Å². The molecule has 1 aliphatic carbocycles. The van der Waals surface area contributed by atoms with Gasteiger partial charge in [0.25, 0.3) is 0 Å². The van der Waals surface area contributed by atoms with Crippen molar-refractivity contribution >= 4 is 15.8 Å². The molecule has 1 heterocycles. The van der Waals surface area contributed by atoms with Gasteiger partial charge in [-0.3, -0.25) is 4.79 Å². The second kappa shape index (κ2) is 5.38.